The normalized spacial score (nSPS) is 15.9. The summed E-state index contributed by atoms with van der Waals surface area (Å²) in [5.74, 6) is -0.167. The molecule has 1 aliphatic rings. The van der Waals surface area contributed by atoms with E-state index >= 15 is 0 Å². The highest BCUT2D eigenvalue weighted by molar-refractivity contribution is 5.76. The van der Waals surface area contributed by atoms with Gasteiger partial charge < -0.3 is 10.5 Å². The number of benzene rings is 1. The Morgan fingerprint density at radius 2 is 2.21 bits per heavy atom. The predicted molar refractivity (Wildman–Crippen MR) is 75.6 cm³/mol. The largest absolute Gasteiger partial charge is 0.469 e. The maximum Gasteiger partial charge on any atom is 0.312 e. The summed E-state index contributed by atoms with van der Waals surface area (Å²) in [7, 11) is 1.44. The average Bonchev–Trinajstić information content (AvgIpc) is 2.38. The molecule has 0 saturated heterocycles. The van der Waals surface area contributed by atoms with Crippen LogP contribution in [-0.2, 0) is 22.5 Å². The first kappa shape index (κ1) is 13.9. The lowest BCUT2D eigenvalue weighted by Crippen LogP contribution is -2.42. The van der Waals surface area contributed by atoms with Crippen LogP contribution in [0, 0.1) is 5.41 Å². The van der Waals surface area contributed by atoms with Gasteiger partial charge in [-0.25, -0.2) is 0 Å². The molecule has 0 atom stereocenters. The molecule has 2 rings (SSSR count). The summed E-state index contributed by atoms with van der Waals surface area (Å²) in [5.41, 5.74) is 8.92. The number of ether oxygens (including phenoxy) is 1. The Morgan fingerprint density at radius 3 is 2.89 bits per heavy atom. The fourth-order valence-electron chi connectivity index (χ4n) is 2.70. The number of anilines is 1. The molecule has 0 unspecified atom stereocenters. The van der Waals surface area contributed by atoms with Gasteiger partial charge in [0.25, 0.3) is 0 Å². The summed E-state index contributed by atoms with van der Waals surface area (Å²) in [6.07, 6.45) is 0.984. The lowest BCUT2D eigenvalue weighted by atomic mass is 9.90. The number of hydrogen-bond acceptors (Lipinski definition) is 4. The highest BCUT2D eigenvalue weighted by Crippen LogP contribution is 2.27. The minimum atomic E-state index is -0.490. The van der Waals surface area contributed by atoms with Crippen molar-refractivity contribution in [2.45, 2.75) is 26.8 Å². The van der Waals surface area contributed by atoms with E-state index in [-0.39, 0.29) is 5.97 Å². The van der Waals surface area contributed by atoms with E-state index in [2.05, 4.69) is 11.0 Å². The van der Waals surface area contributed by atoms with Crippen molar-refractivity contribution >= 4 is 11.7 Å². The van der Waals surface area contributed by atoms with Crippen molar-refractivity contribution in [3.63, 3.8) is 0 Å². The van der Waals surface area contributed by atoms with Crippen LogP contribution in [0.5, 0.6) is 0 Å². The van der Waals surface area contributed by atoms with Crippen LogP contribution in [0.25, 0.3) is 0 Å². The van der Waals surface area contributed by atoms with Gasteiger partial charge in [0.1, 0.15) is 0 Å². The highest BCUT2D eigenvalue weighted by Gasteiger charge is 2.32. The van der Waals surface area contributed by atoms with Crippen molar-refractivity contribution in [2.24, 2.45) is 5.41 Å². The van der Waals surface area contributed by atoms with E-state index in [1.54, 1.807) is 0 Å². The SMILES string of the molecule is COC(=O)C(C)(C)CN1CCc2cccc(N)c2C1. The Morgan fingerprint density at radius 1 is 1.47 bits per heavy atom. The Kier molecular flexibility index (Phi) is 3.80. The van der Waals surface area contributed by atoms with E-state index in [0.29, 0.717) is 6.54 Å². The van der Waals surface area contributed by atoms with Gasteiger partial charge in [-0.05, 0) is 37.5 Å². The molecule has 1 aromatic carbocycles. The number of fused-ring (bicyclic) bond motifs is 1. The molecule has 104 valence electrons. The number of esters is 1. The summed E-state index contributed by atoms with van der Waals surface area (Å²) >= 11 is 0. The highest BCUT2D eigenvalue weighted by atomic mass is 16.5. The van der Waals surface area contributed by atoms with E-state index in [9.17, 15) is 4.79 Å². The number of methoxy groups -OCH3 is 1. The Balaban J connectivity index is 2.10. The molecule has 1 aromatic rings. The first-order chi connectivity index (χ1) is 8.94. The molecule has 0 aromatic heterocycles. The summed E-state index contributed by atoms with van der Waals surface area (Å²) in [5, 5.41) is 0. The van der Waals surface area contributed by atoms with Crippen molar-refractivity contribution in [1.82, 2.24) is 4.90 Å². The molecule has 0 bridgehead atoms. The number of hydrogen-bond donors (Lipinski definition) is 1. The first-order valence-electron chi connectivity index (χ1n) is 6.61. The zero-order valence-electron chi connectivity index (χ0n) is 11.9. The number of nitrogen functional groups attached to an aromatic ring is 1. The second-order valence-electron chi connectivity index (χ2n) is 5.82. The van der Waals surface area contributed by atoms with Crippen LogP contribution in [0.3, 0.4) is 0 Å². The molecule has 19 heavy (non-hydrogen) atoms. The summed E-state index contributed by atoms with van der Waals surface area (Å²) in [6.45, 7) is 6.29. The van der Waals surface area contributed by atoms with Crippen molar-refractivity contribution in [3.05, 3.63) is 29.3 Å². The number of nitrogens with zero attached hydrogens (tertiary/aromatic N) is 1. The third kappa shape index (κ3) is 2.89. The van der Waals surface area contributed by atoms with Gasteiger partial charge in [0.2, 0.25) is 0 Å². The van der Waals surface area contributed by atoms with Crippen LogP contribution in [-0.4, -0.2) is 31.1 Å². The standard InChI is InChI=1S/C15H22N2O2/c1-15(2,14(18)19-3)10-17-8-7-11-5-4-6-13(16)12(11)9-17/h4-6H,7-10,16H2,1-3H3. The molecule has 1 heterocycles. The lowest BCUT2D eigenvalue weighted by Gasteiger charge is -2.34. The Labute approximate surface area is 114 Å². The zero-order valence-corrected chi connectivity index (χ0v) is 11.9. The van der Waals surface area contributed by atoms with E-state index in [4.69, 9.17) is 10.5 Å². The van der Waals surface area contributed by atoms with Crippen LogP contribution < -0.4 is 5.73 Å². The van der Waals surface area contributed by atoms with Gasteiger partial charge in [-0.3, -0.25) is 9.69 Å². The molecule has 4 heteroatoms. The molecule has 0 amide bonds. The molecular formula is C15H22N2O2. The molecule has 0 fully saturated rings. The molecule has 2 N–H and O–H groups in total. The second kappa shape index (κ2) is 5.21. The van der Waals surface area contributed by atoms with Gasteiger partial charge in [0, 0.05) is 25.3 Å². The van der Waals surface area contributed by atoms with Gasteiger partial charge >= 0.3 is 5.97 Å². The first-order valence-corrected chi connectivity index (χ1v) is 6.61. The maximum absolute atomic E-state index is 11.7. The zero-order chi connectivity index (χ0) is 14.0. The molecule has 0 aliphatic carbocycles. The number of carbonyl (C=O) groups is 1. The fourth-order valence-corrected chi connectivity index (χ4v) is 2.70. The third-order valence-corrected chi connectivity index (χ3v) is 3.75. The van der Waals surface area contributed by atoms with Crippen LogP contribution in [0.2, 0.25) is 0 Å². The van der Waals surface area contributed by atoms with Crippen molar-refractivity contribution in [1.29, 1.82) is 0 Å². The van der Waals surface area contributed by atoms with Crippen molar-refractivity contribution < 1.29 is 9.53 Å². The van der Waals surface area contributed by atoms with Gasteiger partial charge in [-0.2, -0.15) is 0 Å². The van der Waals surface area contributed by atoms with Gasteiger partial charge in [0.15, 0.2) is 0 Å². The molecule has 1 aliphatic heterocycles. The van der Waals surface area contributed by atoms with Crippen molar-refractivity contribution in [2.75, 3.05) is 25.9 Å². The summed E-state index contributed by atoms with van der Waals surface area (Å²) in [4.78, 5) is 14.0. The quantitative estimate of drug-likeness (QED) is 0.667. The molecule has 0 saturated carbocycles. The van der Waals surface area contributed by atoms with E-state index in [1.807, 2.05) is 26.0 Å². The fraction of sp³-hybridized carbons (Fsp3) is 0.533. The molecule has 0 spiro atoms. The number of nitrogens with two attached hydrogens (primary N) is 1. The van der Waals surface area contributed by atoms with Gasteiger partial charge in [-0.15, -0.1) is 0 Å². The number of carbonyl (C=O) groups excluding carboxylic acids is 1. The smallest absolute Gasteiger partial charge is 0.312 e. The van der Waals surface area contributed by atoms with Crippen LogP contribution in [0.15, 0.2) is 18.2 Å². The minimum absolute atomic E-state index is 0.167. The number of rotatable bonds is 3. The van der Waals surface area contributed by atoms with E-state index < -0.39 is 5.41 Å². The predicted octanol–water partition coefficient (Wildman–Crippen LogP) is 1.83. The minimum Gasteiger partial charge on any atom is -0.469 e. The summed E-state index contributed by atoms with van der Waals surface area (Å²) in [6, 6.07) is 6.07. The molecular weight excluding hydrogens is 240 g/mol. The molecule has 4 nitrogen and oxygen atoms in total. The summed E-state index contributed by atoms with van der Waals surface area (Å²) < 4.78 is 4.86. The topological polar surface area (TPSA) is 55.6 Å². The van der Waals surface area contributed by atoms with Crippen LogP contribution >= 0.6 is 0 Å². The van der Waals surface area contributed by atoms with Gasteiger partial charge in [-0.1, -0.05) is 12.1 Å². The van der Waals surface area contributed by atoms with Gasteiger partial charge in [0.05, 0.1) is 12.5 Å². The second-order valence-corrected chi connectivity index (χ2v) is 5.82. The maximum atomic E-state index is 11.7. The van der Waals surface area contributed by atoms with E-state index in [0.717, 1.165) is 25.2 Å². The lowest BCUT2D eigenvalue weighted by molar-refractivity contribution is -0.151. The van der Waals surface area contributed by atoms with E-state index in [1.165, 1.54) is 18.2 Å². The Bertz CT molecular complexity index is 483. The van der Waals surface area contributed by atoms with Crippen LogP contribution in [0.1, 0.15) is 25.0 Å². The van der Waals surface area contributed by atoms with Crippen LogP contribution in [0.4, 0.5) is 5.69 Å². The third-order valence-electron chi connectivity index (χ3n) is 3.75. The van der Waals surface area contributed by atoms with Crippen molar-refractivity contribution in [3.8, 4) is 0 Å². The monoisotopic (exact) mass is 262 g/mol. The Hall–Kier alpha value is -1.55. The molecule has 0 radical (unpaired) electrons. The average molecular weight is 262 g/mol.